The van der Waals surface area contributed by atoms with Gasteiger partial charge in [-0.1, -0.05) is 28.1 Å². The van der Waals surface area contributed by atoms with Crippen molar-refractivity contribution >= 4 is 15.9 Å². The van der Waals surface area contributed by atoms with Gasteiger partial charge in [0.05, 0.1) is 6.61 Å². The van der Waals surface area contributed by atoms with Crippen LogP contribution in [-0.2, 0) is 10.2 Å². The smallest absolute Gasteiger partial charge is 0.0559 e. The summed E-state index contributed by atoms with van der Waals surface area (Å²) in [7, 11) is 1.77. The SMILES string of the molecule is COCC1(c2ccc(Br)cc2)CC(CN)C1. The number of rotatable bonds is 4. The van der Waals surface area contributed by atoms with Crippen molar-refractivity contribution < 1.29 is 4.74 Å². The Bertz CT molecular complexity index is 343. The van der Waals surface area contributed by atoms with Gasteiger partial charge in [-0.05, 0) is 43.0 Å². The first-order chi connectivity index (χ1) is 7.70. The Morgan fingerprint density at radius 2 is 2.00 bits per heavy atom. The highest BCUT2D eigenvalue weighted by Crippen LogP contribution is 2.47. The van der Waals surface area contributed by atoms with Crippen LogP contribution in [0.25, 0.3) is 0 Å². The molecule has 0 aromatic heterocycles. The van der Waals surface area contributed by atoms with Crippen LogP contribution >= 0.6 is 15.9 Å². The zero-order valence-corrected chi connectivity index (χ0v) is 11.2. The van der Waals surface area contributed by atoms with Crippen LogP contribution in [0.15, 0.2) is 28.7 Å². The number of ether oxygens (including phenoxy) is 1. The van der Waals surface area contributed by atoms with Gasteiger partial charge in [0, 0.05) is 17.0 Å². The molecule has 1 aromatic rings. The van der Waals surface area contributed by atoms with Crippen LogP contribution in [0, 0.1) is 5.92 Å². The lowest BCUT2D eigenvalue weighted by molar-refractivity contribution is 0.0423. The molecule has 0 radical (unpaired) electrons. The van der Waals surface area contributed by atoms with E-state index in [0.717, 1.165) is 30.5 Å². The monoisotopic (exact) mass is 283 g/mol. The fraction of sp³-hybridized carbons (Fsp3) is 0.538. The van der Waals surface area contributed by atoms with Gasteiger partial charge in [-0.3, -0.25) is 0 Å². The van der Waals surface area contributed by atoms with E-state index in [0.29, 0.717) is 5.92 Å². The summed E-state index contributed by atoms with van der Waals surface area (Å²) in [4.78, 5) is 0. The summed E-state index contributed by atoms with van der Waals surface area (Å²) in [6.45, 7) is 1.59. The molecule has 88 valence electrons. The van der Waals surface area contributed by atoms with Gasteiger partial charge in [-0.2, -0.15) is 0 Å². The second kappa shape index (κ2) is 4.86. The lowest BCUT2D eigenvalue weighted by Gasteiger charge is -2.47. The predicted octanol–water partition coefficient (Wildman–Crippen LogP) is 2.70. The number of nitrogens with two attached hydrogens (primary N) is 1. The maximum Gasteiger partial charge on any atom is 0.0559 e. The molecule has 1 aliphatic carbocycles. The largest absolute Gasteiger partial charge is 0.384 e. The second-order valence-electron chi connectivity index (χ2n) is 4.73. The number of hydrogen-bond donors (Lipinski definition) is 1. The lowest BCUT2D eigenvalue weighted by Crippen LogP contribution is -2.47. The quantitative estimate of drug-likeness (QED) is 0.922. The summed E-state index contributed by atoms with van der Waals surface area (Å²) in [6.07, 6.45) is 2.30. The molecule has 1 saturated carbocycles. The Balaban J connectivity index is 2.17. The van der Waals surface area contributed by atoms with Crippen molar-refractivity contribution in [3.05, 3.63) is 34.3 Å². The van der Waals surface area contributed by atoms with Gasteiger partial charge in [-0.25, -0.2) is 0 Å². The van der Waals surface area contributed by atoms with Crippen LogP contribution < -0.4 is 5.73 Å². The Hall–Kier alpha value is -0.380. The van der Waals surface area contributed by atoms with Crippen LogP contribution in [0.3, 0.4) is 0 Å². The fourth-order valence-corrected chi connectivity index (χ4v) is 2.99. The first-order valence-corrected chi connectivity index (χ1v) is 6.44. The van der Waals surface area contributed by atoms with Gasteiger partial charge < -0.3 is 10.5 Å². The van der Waals surface area contributed by atoms with Gasteiger partial charge in [0.1, 0.15) is 0 Å². The minimum absolute atomic E-state index is 0.208. The molecule has 0 spiro atoms. The van der Waals surface area contributed by atoms with Gasteiger partial charge in [-0.15, -0.1) is 0 Å². The highest BCUT2D eigenvalue weighted by atomic mass is 79.9. The molecule has 0 saturated heterocycles. The van der Waals surface area contributed by atoms with Crippen molar-refractivity contribution in [2.45, 2.75) is 18.3 Å². The third-order valence-corrected chi connectivity index (χ3v) is 4.10. The molecule has 0 atom stereocenters. The fourth-order valence-electron chi connectivity index (χ4n) is 2.73. The van der Waals surface area contributed by atoms with E-state index >= 15 is 0 Å². The molecule has 2 nitrogen and oxygen atoms in total. The topological polar surface area (TPSA) is 35.2 Å². The summed E-state index contributed by atoms with van der Waals surface area (Å²) < 4.78 is 6.50. The maximum absolute atomic E-state index is 5.70. The van der Waals surface area contributed by atoms with Crippen molar-refractivity contribution in [2.75, 3.05) is 20.3 Å². The molecule has 0 heterocycles. The third-order valence-electron chi connectivity index (χ3n) is 3.57. The molecular formula is C13H18BrNO. The van der Waals surface area contributed by atoms with Gasteiger partial charge in [0.15, 0.2) is 0 Å². The third kappa shape index (κ3) is 2.17. The summed E-state index contributed by atoms with van der Waals surface area (Å²) >= 11 is 3.47. The molecule has 0 aliphatic heterocycles. The average molecular weight is 284 g/mol. The van der Waals surface area contributed by atoms with E-state index < -0.39 is 0 Å². The Labute approximate surface area is 105 Å². The van der Waals surface area contributed by atoms with E-state index in [1.165, 1.54) is 5.56 Å². The minimum atomic E-state index is 0.208. The molecule has 1 aromatic carbocycles. The Morgan fingerprint density at radius 1 is 1.38 bits per heavy atom. The molecule has 0 bridgehead atoms. The predicted molar refractivity (Wildman–Crippen MR) is 69.5 cm³/mol. The van der Waals surface area contributed by atoms with E-state index in [1.54, 1.807) is 7.11 Å². The van der Waals surface area contributed by atoms with E-state index in [9.17, 15) is 0 Å². The summed E-state index contributed by atoms with van der Waals surface area (Å²) in [5, 5.41) is 0. The van der Waals surface area contributed by atoms with Crippen molar-refractivity contribution in [3.63, 3.8) is 0 Å². The van der Waals surface area contributed by atoms with E-state index in [4.69, 9.17) is 10.5 Å². The van der Waals surface area contributed by atoms with Gasteiger partial charge in [0.2, 0.25) is 0 Å². The molecule has 2 rings (SSSR count). The van der Waals surface area contributed by atoms with Crippen LogP contribution in [0.4, 0.5) is 0 Å². The Morgan fingerprint density at radius 3 is 2.50 bits per heavy atom. The second-order valence-corrected chi connectivity index (χ2v) is 5.65. The van der Waals surface area contributed by atoms with Crippen LogP contribution in [-0.4, -0.2) is 20.3 Å². The zero-order valence-electron chi connectivity index (χ0n) is 9.58. The number of methoxy groups -OCH3 is 1. The van der Waals surface area contributed by atoms with Crippen molar-refractivity contribution in [1.82, 2.24) is 0 Å². The zero-order chi connectivity index (χ0) is 11.6. The molecule has 2 N–H and O–H groups in total. The van der Waals surface area contributed by atoms with Gasteiger partial charge >= 0.3 is 0 Å². The standard InChI is InChI=1S/C13H18BrNO/c1-16-9-13(6-10(7-13)8-15)11-2-4-12(14)5-3-11/h2-5,10H,6-9,15H2,1H3. The van der Waals surface area contributed by atoms with Crippen LogP contribution in [0.5, 0.6) is 0 Å². The van der Waals surface area contributed by atoms with E-state index in [-0.39, 0.29) is 5.41 Å². The highest BCUT2D eigenvalue weighted by molar-refractivity contribution is 9.10. The molecule has 0 amide bonds. The number of halogens is 1. The lowest BCUT2D eigenvalue weighted by atomic mass is 9.59. The van der Waals surface area contributed by atoms with E-state index in [1.807, 2.05) is 0 Å². The van der Waals surface area contributed by atoms with Crippen molar-refractivity contribution in [2.24, 2.45) is 11.7 Å². The van der Waals surface area contributed by atoms with Crippen LogP contribution in [0.2, 0.25) is 0 Å². The summed E-state index contributed by atoms with van der Waals surface area (Å²) in [5.41, 5.74) is 7.29. The highest BCUT2D eigenvalue weighted by Gasteiger charge is 2.44. The molecular weight excluding hydrogens is 266 g/mol. The Kier molecular flexibility index (Phi) is 3.67. The molecule has 0 unspecified atom stereocenters. The first-order valence-electron chi connectivity index (χ1n) is 5.65. The first kappa shape index (κ1) is 12.1. The summed E-state index contributed by atoms with van der Waals surface area (Å²) in [6, 6.07) is 8.58. The van der Waals surface area contributed by atoms with Crippen molar-refractivity contribution in [3.8, 4) is 0 Å². The maximum atomic E-state index is 5.70. The van der Waals surface area contributed by atoms with Gasteiger partial charge in [0.25, 0.3) is 0 Å². The average Bonchev–Trinajstić information content (AvgIpc) is 2.24. The summed E-state index contributed by atoms with van der Waals surface area (Å²) in [5.74, 6) is 0.666. The molecule has 1 fully saturated rings. The molecule has 1 aliphatic rings. The number of hydrogen-bond acceptors (Lipinski definition) is 2. The minimum Gasteiger partial charge on any atom is -0.384 e. The normalized spacial score (nSPS) is 28.8. The molecule has 3 heteroatoms. The van der Waals surface area contributed by atoms with Crippen molar-refractivity contribution in [1.29, 1.82) is 0 Å². The number of benzene rings is 1. The molecule has 16 heavy (non-hydrogen) atoms. The van der Waals surface area contributed by atoms with E-state index in [2.05, 4.69) is 40.2 Å². The van der Waals surface area contributed by atoms with Crippen LogP contribution in [0.1, 0.15) is 18.4 Å².